The van der Waals surface area contributed by atoms with Gasteiger partial charge in [-0.3, -0.25) is 4.79 Å². The molecule has 112 valence electrons. The van der Waals surface area contributed by atoms with Crippen molar-refractivity contribution < 1.29 is 18.0 Å². The van der Waals surface area contributed by atoms with E-state index >= 15 is 0 Å². The number of nitrogens with one attached hydrogen (secondary N) is 1. The average Bonchev–Trinajstić information content (AvgIpc) is 2.35. The first-order valence-electron chi connectivity index (χ1n) is 6.01. The third-order valence-corrected chi connectivity index (χ3v) is 4.12. The number of carbonyl (C=O) groups excluding carboxylic acids is 1. The predicted molar refractivity (Wildman–Crippen MR) is 79.1 cm³/mol. The summed E-state index contributed by atoms with van der Waals surface area (Å²) < 4.78 is 39.1. The highest BCUT2D eigenvalue weighted by molar-refractivity contribution is 9.10. The molecule has 1 aromatic carbocycles. The van der Waals surface area contributed by atoms with Crippen molar-refractivity contribution in [1.82, 2.24) is 5.32 Å². The lowest BCUT2D eigenvalue weighted by molar-refractivity contribution is -0.138. The fourth-order valence-corrected chi connectivity index (χ4v) is 2.62. The lowest BCUT2D eigenvalue weighted by Crippen LogP contribution is -2.35. The van der Waals surface area contributed by atoms with Gasteiger partial charge in [-0.15, -0.1) is 0 Å². The van der Waals surface area contributed by atoms with Gasteiger partial charge in [0.2, 0.25) is 0 Å². The quantitative estimate of drug-likeness (QED) is 0.836. The molecule has 1 atom stereocenters. The number of alkyl halides is 3. The summed E-state index contributed by atoms with van der Waals surface area (Å²) in [5.74, 6) is 0.862. The van der Waals surface area contributed by atoms with Gasteiger partial charge in [0, 0.05) is 16.3 Å². The van der Waals surface area contributed by atoms with Gasteiger partial charge < -0.3 is 5.32 Å². The van der Waals surface area contributed by atoms with Crippen molar-refractivity contribution in [2.24, 2.45) is 0 Å². The first kappa shape index (κ1) is 17.4. The molecule has 7 heteroatoms. The Labute approximate surface area is 128 Å². The molecular weight excluding hydrogens is 355 g/mol. The molecule has 1 N–H and O–H groups in total. The standard InChI is InChI=1S/C13H15BrF3NOS/c1-3-20-7-8(2)18-12(19)10-5-4-9(14)6-11(10)13(15,16)17/h4-6,8H,3,7H2,1-2H3,(H,18,19). The van der Waals surface area contributed by atoms with Crippen molar-refractivity contribution in [2.45, 2.75) is 26.1 Å². The fraction of sp³-hybridized carbons (Fsp3) is 0.462. The van der Waals surface area contributed by atoms with E-state index in [1.165, 1.54) is 12.1 Å². The van der Waals surface area contributed by atoms with Gasteiger partial charge in [0.05, 0.1) is 11.1 Å². The minimum absolute atomic E-state index is 0.183. The molecule has 1 unspecified atom stereocenters. The molecule has 0 aliphatic heterocycles. The third kappa shape index (κ3) is 5.01. The van der Waals surface area contributed by atoms with Crippen molar-refractivity contribution in [3.8, 4) is 0 Å². The Morgan fingerprint density at radius 3 is 2.65 bits per heavy atom. The van der Waals surface area contributed by atoms with Gasteiger partial charge in [0.15, 0.2) is 0 Å². The van der Waals surface area contributed by atoms with Gasteiger partial charge in [0.1, 0.15) is 0 Å². The fourth-order valence-electron chi connectivity index (χ4n) is 1.59. The van der Waals surface area contributed by atoms with Crippen LogP contribution < -0.4 is 5.32 Å². The van der Waals surface area contributed by atoms with Crippen LogP contribution in [-0.4, -0.2) is 23.5 Å². The zero-order chi connectivity index (χ0) is 15.3. The van der Waals surface area contributed by atoms with Gasteiger partial charge in [-0.05, 0) is 30.9 Å². The summed E-state index contributed by atoms with van der Waals surface area (Å²) >= 11 is 4.61. The molecule has 2 nitrogen and oxygen atoms in total. The number of amides is 1. The maximum atomic E-state index is 12.9. The zero-order valence-corrected chi connectivity index (χ0v) is 13.5. The Morgan fingerprint density at radius 2 is 2.10 bits per heavy atom. The highest BCUT2D eigenvalue weighted by Gasteiger charge is 2.35. The van der Waals surface area contributed by atoms with Crippen LogP contribution in [0.3, 0.4) is 0 Å². The molecule has 0 heterocycles. The van der Waals surface area contributed by atoms with E-state index in [2.05, 4.69) is 21.2 Å². The van der Waals surface area contributed by atoms with E-state index in [0.29, 0.717) is 5.75 Å². The summed E-state index contributed by atoms with van der Waals surface area (Å²) in [6.07, 6.45) is -4.56. The van der Waals surface area contributed by atoms with Gasteiger partial charge >= 0.3 is 6.18 Å². The summed E-state index contributed by atoms with van der Waals surface area (Å²) in [4.78, 5) is 12.0. The Bertz CT molecular complexity index is 479. The normalized spacial score (nSPS) is 13.1. The highest BCUT2D eigenvalue weighted by Crippen LogP contribution is 2.33. The van der Waals surface area contributed by atoms with Gasteiger partial charge in [-0.1, -0.05) is 22.9 Å². The first-order valence-corrected chi connectivity index (χ1v) is 7.95. The second-order valence-electron chi connectivity index (χ2n) is 4.22. The van der Waals surface area contributed by atoms with Crippen LogP contribution in [0.15, 0.2) is 22.7 Å². The highest BCUT2D eigenvalue weighted by atomic mass is 79.9. The number of hydrogen-bond donors (Lipinski definition) is 1. The Kier molecular flexibility index (Phi) is 6.39. The molecule has 20 heavy (non-hydrogen) atoms. The van der Waals surface area contributed by atoms with Crippen LogP contribution in [0, 0.1) is 0 Å². The summed E-state index contributed by atoms with van der Waals surface area (Å²) in [5, 5.41) is 2.59. The van der Waals surface area contributed by atoms with Crippen LogP contribution in [0.1, 0.15) is 29.8 Å². The Balaban J connectivity index is 2.93. The topological polar surface area (TPSA) is 29.1 Å². The SMILES string of the molecule is CCSCC(C)NC(=O)c1ccc(Br)cc1C(F)(F)F. The van der Waals surface area contributed by atoms with E-state index in [1.54, 1.807) is 18.7 Å². The second kappa shape index (κ2) is 7.36. The van der Waals surface area contributed by atoms with Crippen LogP contribution in [0.2, 0.25) is 0 Å². The lowest BCUT2D eigenvalue weighted by atomic mass is 10.1. The monoisotopic (exact) mass is 369 g/mol. The number of benzene rings is 1. The van der Waals surface area contributed by atoms with Gasteiger partial charge in [-0.25, -0.2) is 0 Å². The molecule has 0 bridgehead atoms. The van der Waals surface area contributed by atoms with Crippen LogP contribution in [0.4, 0.5) is 13.2 Å². The first-order chi connectivity index (χ1) is 9.25. The average molecular weight is 370 g/mol. The van der Waals surface area contributed by atoms with E-state index in [-0.39, 0.29) is 16.1 Å². The summed E-state index contributed by atoms with van der Waals surface area (Å²) in [5.41, 5.74) is -1.28. The maximum Gasteiger partial charge on any atom is 0.417 e. The lowest BCUT2D eigenvalue weighted by Gasteiger charge is -2.16. The molecule has 0 radical (unpaired) electrons. The molecule has 0 spiro atoms. The number of carbonyl (C=O) groups is 1. The number of rotatable bonds is 5. The van der Waals surface area contributed by atoms with E-state index < -0.39 is 17.6 Å². The van der Waals surface area contributed by atoms with Crippen LogP contribution in [0.5, 0.6) is 0 Å². The van der Waals surface area contributed by atoms with Crippen LogP contribution in [-0.2, 0) is 6.18 Å². The number of halogens is 4. The van der Waals surface area contributed by atoms with Crippen molar-refractivity contribution in [2.75, 3.05) is 11.5 Å². The number of hydrogen-bond acceptors (Lipinski definition) is 2. The molecule has 0 aliphatic carbocycles. The van der Waals surface area contributed by atoms with Gasteiger partial charge in [-0.2, -0.15) is 24.9 Å². The molecule has 1 aromatic rings. The second-order valence-corrected chi connectivity index (χ2v) is 6.46. The summed E-state index contributed by atoms with van der Waals surface area (Å²) in [6.45, 7) is 3.75. The summed E-state index contributed by atoms with van der Waals surface area (Å²) in [7, 11) is 0. The van der Waals surface area contributed by atoms with E-state index in [0.717, 1.165) is 11.8 Å². The minimum Gasteiger partial charge on any atom is -0.349 e. The van der Waals surface area contributed by atoms with Crippen LogP contribution >= 0.6 is 27.7 Å². The Hall–Kier alpha value is -0.690. The van der Waals surface area contributed by atoms with Crippen LogP contribution in [0.25, 0.3) is 0 Å². The molecule has 0 saturated heterocycles. The molecule has 0 aliphatic rings. The number of thioether (sulfide) groups is 1. The molecule has 0 fully saturated rings. The van der Waals surface area contributed by atoms with E-state index in [4.69, 9.17) is 0 Å². The summed E-state index contributed by atoms with van der Waals surface area (Å²) in [6, 6.07) is 3.34. The smallest absolute Gasteiger partial charge is 0.349 e. The van der Waals surface area contributed by atoms with E-state index in [1.807, 2.05) is 6.92 Å². The minimum atomic E-state index is -4.56. The molecule has 0 saturated carbocycles. The van der Waals surface area contributed by atoms with Crippen molar-refractivity contribution in [3.63, 3.8) is 0 Å². The van der Waals surface area contributed by atoms with Crippen molar-refractivity contribution in [3.05, 3.63) is 33.8 Å². The zero-order valence-electron chi connectivity index (χ0n) is 11.1. The molecule has 0 aromatic heterocycles. The molecule has 1 amide bonds. The molecule has 1 rings (SSSR count). The largest absolute Gasteiger partial charge is 0.417 e. The molecular formula is C13H15BrF3NOS. The van der Waals surface area contributed by atoms with Gasteiger partial charge in [0.25, 0.3) is 5.91 Å². The third-order valence-electron chi connectivity index (χ3n) is 2.48. The predicted octanol–water partition coefficient (Wildman–Crippen LogP) is 4.34. The maximum absolute atomic E-state index is 12.9. The van der Waals surface area contributed by atoms with E-state index in [9.17, 15) is 18.0 Å². The van der Waals surface area contributed by atoms with Crippen molar-refractivity contribution >= 4 is 33.6 Å². The van der Waals surface area contributed by atoms with Crippen molar-refractivity contribution in [1.29, 1.82) is 0 Å². The Morgan fingerprint density at radius 1 is 1.45 bits per heavy atom.